The molecule has 0 aliphatic carbocycles. The van der Waals surface area contributed by atoms with E-state index in [1.807, 2.05) is 0 Å². The Morgan fingerprint density at radius 2 is 2.32 bits per heavy atom. The van der Waals surface area contributed by atoms with Crippen LogP contribution in [0.4, 0.5) is 0 Å². The summed E-state index contributed by atoms with van der Waals surface area (Å²) in [5.41, 5.74) is -0.0169. The lowest BCUT2D eigenvalue weighted by molar-refractivity contribution is 0.00754. The summed E-state index contributed by atoms with van der Waals surface area (Å²) in [7, 11) is 0. The first kappa shape index (κ1) is 13.3. The second kappa shape index (κ2) is 5.68. The molecule has 7 heteroatoms. The number of nitrogens with one attached hydrogen (secondary N) is 1. The average Bonchev–Trinajstić information content (AvgIpc) is 2.89. The lowest BCUT2D eigenvalue weighted by Gasteiger charge is -2.18. The number of H-pyrrole nitrogens is 1. The smallest absolute Gasteiger partial charge is 0.330 e. The Bertz CT molecular complexity index is 641. The van der Waals surface area contributed by atoms with Gasteiger partial charge in [0.2, 0.25) is 0 Å². The quantitative estimate of drug-likeness (QED) is 0.793. The molecule has 1 unspecified atom stereocenters. The molecule has 7 nitrogen and oxygen atoms in total. The Labute approximate surface area is 108 Å². The predicted molar refractivity (Wildman–Crippen MR) is 65.9 cm³/mol. The maximum Gasteiger partial charge on any atom is 0.330 e. The molecule has 2 aromatic heterocycles. The maximum absolute atomic E-state index is 11.8. The van der Waals surface area contributed by atoms with Crippen LogP contribution in [0.1, 0.15) is 17.4 Å². The minimum atomic E-state index is -0.756. The SMILES string of the molecule is Cc1cn(C(OCCO)c2ccoc2)c(=O)[nH]c1=O. The van der Waals surface area contributed by atoms with Gasteiger partial charge in [-0.2, -0.15) is 0 Å². The van der Waals surface area contributed by atoms with Crippen LogP contribution in [0.3, 0.4) is 0 Å². The maximum atomic E-state index is 11.8. The topological polar surface area (TPSA) is 97.5 Å². The van der Waals surface area contributed by atoms with E-state index < -0.39 is 17.5 Å². The van der Waals surface area contributed by atoms with Crippen molar-refractivity contribution < 1.29 is 14.3 Å². The molecule has 2 N–H and O–H groups in total. The highest BCUT2D eigenvalue weighted by Gasteiger charge is 2.17. The number of aliphatic hydroxyl groups excluding tert-OH is 1. The monoisotopic (exact) mass is 266 g/mol. The number of aryl methyl sites for hydroxylation is 1. The van der Waals surface area contributed by atoms with Crippen molar-refractivity contribution in [1.82, 2.24) is 9.55 Å². The summed E-state index contributed by atoms with van der Waals surface area (Å²) in [6.45, 7) is 1.47. The Kier molecular flexibility index (Phi) is 3.98. The molecule has 0 aromatic carbocycles. The van der Waals surface area contributed by atoms with Crippen LogP contribution in [0.2, 0.25) is 0 Å². The van der Waals surface area contributed by atoms with E-state index in [1.165, 1.54) is 23.3 Å². The molecule has 2 aromatic rings. The number of hydrogen-bond donors (Lipinski definition) is 2. The number of ether oxygens (including phenoxy) is 1. The number of nitrogens with zero attached hydrogens (tertiary/aromatic N) is 1. The van der Waals surface area contributed by atoms with Gasteiger partial charge >= 0.3 is 5.69 Å². The zero-order chi connectivity index (χ0) is 13.8. The first-order valence-corrected chi connectivity index (χ1v) is 5.70. The Hall–Kier alpha value is -2.12. The van der Waals surface area contributed by atoms with Gasteiger partial charge in [0.25, 0.3) is 5.56 Å². The van der Waals surface area contributed by atoms with E-state index in [4.69, 9.17) is 14.3 Å². The Balaban J connectivity index is 2.46. The van der Waals surface area contributed by atoms with Gasteiger partial charge in [0.15, 0.2) is 6.23 Å². The summed E-state index contributed by atoms with van der Waals surface area (Å²) in [4.78, 5) is 25.4. The van der Waals surface area contributed by atoms with Crippen molar-refractivity contribution in [3.8, 4) is 0 Å². The fourth-order valence-corrected chi connectivity index (χ4v) is 1.68. The zero-order valence-corrected chi connectivity index (χ0v) is 10.3. The molecule has 0 fully saturated rings. The molecule has 0 aliphatic rings. The van der Waals surface area contributed by atoms with E-state index in [9.17, 15) is 9.59 Å². The number of hydrogen-bond acceptors (Lipinski definition) is 5. The normalized spacial score (nSPS) is 12.5. The number of aromatic amines is 1. The summed E-state index contributed by atoms with van der Waals surface area (Å²) >= 11 is 0. The summed E-state index contributed by atoms with van der Waals surface area (Å²) in [5, 5.41) is 8.83. The van der Waals surface area contributed by atoms with Gasteiger partial charge in [0.05, 0.1) is 25.7 Å². The van der Waals surface area contributed by atoms with E-state index in [0.29, 0.717) is 11.1 Å². The highest BCUT2D eigenvalue weighted by molar-refractivity contribution is 5.12. The van der Waals surface area contributed by atoms with Crippen molar-refractivity contribution in [2.75, 3.05) is 13.2 Å². The second-order valence-electron chi connectivity index (χ2n) is 3.98. The van der Waals surface area contributed by atoms with Crippen LogP contribution < -0.4 is 11.2 Å². The molecule has 2 rings (SSSR count). The highest BCUT2D eigenvalue weighted by atomic mass is 16.5. The molecular weight excluding hydrogens is 252 g/mol. The Morgan fingerprint density at radius 3 is 2.95 bits per heavy atom. The summed E-state index contributed by atoms with van der Waals surface area (Å²) in [6.07, 6.45) is 3.55. The highest BCUT2D eigenvalue weighted by Crippen LogP contribution is 2.18. The van der Waals surface area contributed by atoms with E-state index in [2.05, 4.69) is 4.98 Å². The third kappa shape index (κ3) is 2.83. The van der Waals surface area contributed by atoms with E-state index in [-0.39, 0.29) is 13.2 Å². The predicted octanol–water partition coefficient (Wildman–Crippen LogP) is -0.00618. The van der Waals surface area contributed by atoms with Crippen molar-refractivity contribution in [2.45, 2.75) is 13.2 Å². The standard InChI is InChI=1S/C12H14N2O5/c1-8-6-14(12(17)13-10(8)16)11(19-5-3-15)9-2-4-18-7-9/h2,4,6-7,11,15H,3,5H2,1H3,(H,13,16,17). The molecule has 0 amide bonds. The first-order chi connectivity index (χ1) is 9.13. The van der Waals surface area contributed by atoms with Crippen LogP contribution in [0.25, 0.3) is 0 Å². The molecule has 0 radical (unpaired) electrons. The van der Waals surface area contributed by atoms with Gasteiger partial charge in [-0.05, 0) is 13.0 Å². The molecular formula is C12H14N2O5. The van der Waals surface area contributed by atoms with E-state index >= 15 is 0 Å². The lowest BCUT2D eigenvalue weighted by Crippen LogP contribution is -2.34. The van der Waals surface area contributed by atoms with Crippen LogP contribution in [0, 0.1) is 6.92 Å². The van der Waals surface area contributed by atoms with Gasteiger partial charge in [-0.3, -0.25) is 14.3 Å². The fourth-order valence-electron chi connectivity index (χ4n) is 1.68. The van der Waals surface area contributed by atoms with Crippen molar-refractivity contribution in [3.63, 3.8) is 0 Å². The Morgan fingerprint density at radius 1 is 1.53 bits per heavy atom. The number of rotatable bonds is 5. The molecule has 2 heterocycles. The molecule has 0 saturated heterocycles. The van der Waals surface area contributed by atoms with Crippen molar-refractivity contribution in [1.29, 1.82) is 0 Å². The van der Waals surface area contributed by atoms with Gasteiger partial charge in [0, 0.05) is 17.3 Å². The van der Waals surface area contributed by atoms with Crippen molar-refractivity contribution in [2.24, 2.45) is 0 Å². The molecule has 0 saturated carbocycles. The van der Waals surface area contributed by atoms with Gasteiger partial charge in [-0.1, -0.05) is 0 Å². The molecule has 0 bridgehead atoms. The number of aliphatic hydroxyl groups is 1. The van der Waals surface area contributed by atoms with E-state index in [0.717, 1.165) is 0 Å². The first-order valence-electron chi connectivity index (χ1n) is 5.70. The summed E-state index contributed by atoms with van der Waals surface area (Å²) in [5.74, 6) is 0. The third-order valence-corrected chi connectivity index (χ3v) is 2.59. The van der Waals surface area contributed by atoms with Gasteiger partial charge in [-0.15, -0.1) is 0 Å². The van der Waals surface area contributed by atoms with Crippen LogP contribution in [0.5, 0.6) is 0 Å². The second-order valence-corrected chi connectivity index (χ2v) is 3.98. The van der Waals surface area contributed by atoms with Crippen molar-refractivity contribution in [3.05, 3.63) is 56.8 Å². The molecule has 0 aliphatic heterocycles. The van der Waals surface area contributed by atoms with Gasteiger partial charge < -0.3 is 14.3 Å². The molecule has 102 valence electrons. The average molecular weight is 266 g/mol. The number of furan rings is 1. The number of aromatic nitrogens is 2. The summed E-state index contributed by atoms with van der Waals surface area (Å²) < 4.78 is 11.6. The minimum absolute atomic E-state index is 0.0560. The zero-order valence-electron chi connectivity index (χ0n) is 10.3. The van der Waals surface area contributed by atoms with Crippen LogP contribution in [-0.2, 0) is 4.74 Å². The van der Waals surface area contributed by atoms with Gasteiger partial charge in [0.1, 0.15) is 0 Å². The van der Waals surface area contributed by atoms with Crippen LogP contribution in [0.15, 0.2) is 38.8 Å². The van der Waals surface area contributed by atoms with Crippen LogP contribution in [-0.4, -0.2) is 27.9 Å². The largest absolute Gasteiger partial charge is 0.472 e. The lowest BCUT2D eigenvalue weighted by atomic mass is 10.3. The fraction of sp³-hybridized carbons (Fsp3) is 0.333. The molecule has 1 atom stereocenters. The third-order valence-electron chi connectivity index (χ3n) is 2.59. The molecule has 19 heavy (non-hydrogen) atoms. The van der Waals surface area contributed by atoms with Gasteiger partial charge in [-0.25, -0.2) is 4.79 Å². The minimum Gasteiger partial charge on any atom is -0.472 e. The van der Waals surface area contributed by atoms with Crippen LogP contribution >= 0.6 is 0 Å². The van der Waals surface area contributed by atoms with E-state index in [1.54, 1.807) is 13.0 Å². The van der Waals surface area contributed by atoms with Crippen molar-refractivity contribution >= 4 is 0 Å². The molecule has 0 spiro atoms. The summed E-state index contributed by atoms with van der Waals surface area (Å²) in [6, 6.07) is 1.65.